The lowest BCUT2D eigenvalue weighted by Gasteiger charge is -2.21. The van der Waals surface area contributed by atoms with Crippen molar-refractivity contribution in [3.05, 3.63) is 131 Å². The molecule has 3 N–H and O–H groups in total. The lowest BCUT2D eigenvalue weighted by molar-refractivity contribution is -0.149. The van der Waals surface area contributed by atoms with Crippen LogP contribution < -0.4 is 11.1 Å². The van der Waals surface area contributed by atoms with Gasteiger partial charge in [-0.25, -0.2) is 9.59 Å². The highest BCUT2D eigenvalue weighted by Gasteiger charge is 2.26. The number of carbonyl (C=O) groups excluding carboxylic acids is 3. The summed E-state index contributed by atoms with van der Waals surface area (Å²) in [5.74, 6) is -1.31. The first-order valence-electron chi connectivity index (χ1n) is 14.5. The molecule has 0 unspecified atom stereocenters. The molecule has 44 heavy (non-hydrogen) atoms. The van der Waals surface area contributed by atoms with E-state index in [-0.39, 0.29) is 31.5 Å². The molecule has 0 saturated heterocycles. The maximum Gasteiger partial charge on any atom is 0.338 e. The van der Waals surface area contributed by atoms with Crippen LogP contribution in [0.1, 0.15) is 47.3 Å². The minimum absolute atomic E-state index is 0. The van der Waals surface area contributed by atoms with E-state index in [4.69, 9.17) is 15.2 Å². The van der Waals surface area contributed by atoms with Gasteiger partial charge in [0.25, 0.3) is 0 Å². The number of rotatable bonds is 13. The molecule has 4 aromatic rings. The van der Waals surface area contributed by atoms with Gasteiger partial charge in [0.15, 0.2) is 0 Å². The molecular weight excluding hydrogens is 576 g/mol. The first-order valence-corrected chi connectivity index (χ1v) is 14.5. The number of nitrogens with one attached hydrogen (secondary N) is 1. The van der Waals surface area contributed by atoms with Crippen LogP contribution in [0.4, 0.5) is 0 Å². The van der Waals surface area contributed by atoms with Gasteiger partial charge in [0.2, 0.25) is 5.91 Å². The lowest BCUT2D eigenvalue weighted by Crippen LogP contribution is -2.50. The quantitative estimate of drug-likeness (QED) is 0.172. The van der Waals surface area contributed by atoms with Crippen LogP contribution in [0.25, 0.3) is 11.1 Å². The standard InChI is InChI=1S/C36H38N2O5.ClH/c1-25(2)20-33(38-34(39)32(37)22-26-10-5-3-6-11-26)36(41)43-24-28-12-9-15-31(21-28)35(40)42-23-27-16-18-30(19-17-27)29-13-7-4-8-14-29;/h3-19,21,25,32-33H,20,22-24,37H2,1-2H3,(H,38,39);1H/t32-,33-;/m0./s1. The smallest absolute Gasteiger partial charge is 0.338 e. The van der Waals surface area contributed by atoms with Crippen molar-refractivity contribution < 1.29 is 23.9 Å². The van der Waals surface area contributed by atoms with Crippen molar-refractivity contribution in [1.29, 1.82) is 0 Å². The van der Waals surface area contributed by atoms with E-state index in [9.17, 15) is 14.4 Å². The molecule has 0 fully saturated rings. The number of amides is 1. The fourth-order valence-corrected chi connectivity index (χ4v) is 4.62. The summed E-state index contributed by atoms with van der Waals surface area (Å²) in [4.78, 5) is 38.5. The Labute approximate surface area is 265 Å². The van der Waals surface area contributed by atoms with Gasteiger partial charge in [0.05, 0.1) is 11.6 Å². The Balaban J connectivity index is 0.00000529. The van der Waals surface area contributed by atoms with E-state index >= 15 is 0 Å². The zero-order chi connectivity index (χ0) is 30.6. The van der Waals surface area contributed by atoms with E-state index in [2.05, 4.69) is 5.32 Å². The number of ether oxygens (including phenoxy) is 2. The van der Waals surface area contributed by atoms with E-state index in [1.54, 1.807) is 24.3 Å². The molecule has 0 spiro atoms. The topological polar surface area (TPSA) is 108 Å². The third-order valence-corrected chi connectivity index (χ3v) is 6.92. The monoisotopic (exact) mass is 614 g/mol. The van der Waals surface area contributed by atoms with Crippen LogP contribution in [0.2, 0.25) is 0 Å². The Morgan fingerprint density at radius 2 is 1.30 bits per heavy atom. The molecule has 4 aromatic carbocycles. The van der Waals surface area contributed by atoms with Gasteiger partial charge in [-0.05, 0) is 58.7 Å². The summed E-state index contributed by atoms with van der Waals surface area (Å²) in [5.41, 5.74) is 11.1. The summed E-state index contributed by atoms with van der Waals surface area (Å²) >= 11 is 0. The summed E-state index contributed by atoms with van der Waals surface area (Å²) in [6, 6.07) is 32.5. The molecule has 0 bridgehead atoms. The number of benzene rings is 4. The van der Waals surface area contributed by atoms with Crippen molar-refractivity contribution in [2.45, 2.75) is 52.0 Å². The predicted octanol–water partition coefficient (Wildman–Crippen LogP) is 6.28. The van der Waals surface area contributed by atoms with Crippen molar-refractivity contribution >= 4 is 30.3 Å². The lowest BCUT2D eigenvalue weighted by atomic mass is 10.0. The summed E-state index contributed by atoms with van der Waals surface area (Å²) in [5, 5.41) is 2.77. The van der Waals surface area contributed by atoms with Crippen LogP contribution >= 0.6 is 12.4 Å². The summed E-state index contributed by atoms with van der Waals surface area (Å²) in [7, 11) is 0. The number of esters is 2. The van der Waals surface area contributed by atoms with Crippen LogP contribution in [0, 0.1) is 5.92 Å². The molecule has 0 saturated carbocycles. The molecule has 230 valence electrons. The Morgan fingerprint density at radius 1 is 0.705 bits per heavy atom. The number of hydrogen-bond donors (Lipinski definition) is 2. The molecular formula is C36H39ClN2O5. The fraction of sp³-hybridized carbons (Fsp3) is 0.250. The summed E-state index contributed by atoms with van der Waals surface area (Å²) in [6.07, 6.45) is 0.763. The van der Waals surface area contributed by atoms with Gasteiger partial charge in [-0.1, -0.05) is 111 Å². The third-order valence-electron chi connectivity index (χ3n) is 6.92. The Morgan fingerprint density at radius 3 is 1.95 bits per heavy atom. The summed E-state index contributed by atoms with van der Waals surface area (Å²) < 4.78 is 11.1. The van der Waals surface area contributed by atoms with Gasteiger partial charge in [-0.15, -0.1) is 12.4 Å². The minimum atomic E-state index is -0.837. The van der Waals surface area contributed by atoms with E-state index in [1.165, 1.54) is 0 Å². The van der Waals surface area contributed by atoms with Crippen molar-refractivity contribution in [1.82, 2.24) is 5.32 Å². The van der Waals surface area contributed by atoms with E-state index in [0.29, 0.717) is 24.0 Å². The maximum absolute atomic E-state index is 13.0. The molecule has 0 aliphatic rings. The second kappa shape index (κ2) is 17.0. The highest BCUT2D eigenvalue weighted by Crippen LogP contribution is 2.20. The van der Waals surface area contributed by atoms with Crippen LogP contribution in [0.3, 0.4) is 0 Å². The zero-order valence-corrected chi connectivity index (χ0v) is 25.8. The molecule has 0 radical (unpaired) electrons. The normalized spacial score (nSPS) is 12.0. The first kappa shape index (κ1) is 34.0. The third kappa shape index (κ3) is 10.4. The largest absolute Gasteiger partial charge is 0.459 e. The molecule has 0 heterocycles. The molecule has 7 nitrogen and oxygen atoms in total. The SMILES string of the molecule is CC(C)C[C@H](NC(=O)[C@@H](N)Cc1ccccc1)C(=O)OCc1cccc(C(=O)OCc2ccc(-c3ccccc3)cc2)c1.Cl. The highest BCUT2D eigenvalue weighted by molar-refractivity contribution is 5.90. The summed E-state index contributed by atoms with van der Waals surface area (Å²) in [6.45, 7) is 4.00. The van der Waals surface area contributed by atoms with Gasteiger partial charge in [0, 0.05) is 0 Å². The molecule has 1 amide bonds. The van der Waals surface area contributed by atoms with E-state index in [1.807, 2.05) is 98.8 Å². The minimum Gasteiger partial charge on any atom is -0.459 e. The van der Waals surface area contributed by atoms with Crippen LogP contribution in [-0.4, -0.2) is 29.9 Å². The van der Waals surface area contributed by atoms with Gasteiger partial charge in [-0.3, -0.25) is 4.79 Å². The van der Waals surface area contributed by atoms with Gasteiger partial charge in [-0.2, -0.15) is 0 Å². The predicted molar refractivity (Wildman–Crippen MR) is 174 cm³/mol. The Kier molecular flexibility index (Phi) is 13.1. The number of nitrogens with two attached hydrogens (primary N) is 1. The average molecular weight is 615 g/mol. The van der Waals surface area contributed by atoms with Gasteiger partial charge < -0.3 is 20.5 Å². The van der Waals surface area contributed by atoms with Crippen molar-refractivity contribution in [2.75, 3.05) is 0 Å². The Hall–Kier alpha value is -4.46. The van der Waals surface area contributed by atoms with Crippen LogP contribution in [0.15, 0.2) is 109 Å². The second-order valence-electron chi connectivity index (χ2n) is 10.9. The number of carbonyl (C=O) groups is 3. The number of hydrogen-bond acceptors (Lipinski definition) is 6. The van der Waals surface area contributed by atoms with Crippen molar-refractivity contribution in [2.24, 2.45) is 11.7 Å². The van der Waals surface area contributed by atoms with E-state index in [0.717, 1.165) is 22.3 Å². The fourth-order valence-electron chi connectivity index (χ4n) is 4.62. The molecule has 8 heteroatoms. The Bertz CT molecular complexity index is 1490. The average Bonchev–Trinajstić information content (AvgIpc) is 3.03. The second-order valence-corrected chi connectivity index (χ2v) is 10.9. The molecule has 2 atom stereocenters. The number of halogens is 1. The van der Waals surface area contributed by atoms with Crippen molar-refractivity contribution in [3.63, 3.8) is 0 Å². The van der Waals surface area contributed by atoms with E-state index < -0.39 is 29.9 Å². The zero-order valence-electron chi connectivity index (χ0n) is 25.0. The molecule has 0 aromatic heterocycles. The first-order chi connectivity index (χ1) is 20.8. The van der Waals surface area contributed by atoms with Gasteiger partial charge >= 0.3 is 11.9 Å². The van der Waals surface area contributed by atoms with Crippen LogP contribution in [-0.2, 0) is 38.7 Å². The highest BCUT2D eigenvalue weighted by atomic mass is 35.5. The van der Waals surface area contributed by atoms with Crippen molar-refractivity contribution in [3.8, 4) is 11.1 Å². The molecule has 4 rings (SSSR count). The van der Waals surface area contributed by atoms with Gasteiger partial charge in [0.1, 0.15) is 19.3 Å². The molecule has 0 aliphatic carbocycles. The van der Waals surface area contributed by atoms with Crippen LogP contribution in [0.5, 0.6) is 0 Å². The maximum atomic E-state index is 13.0. The molecule has 0 aliphatic heterocycles.